The van der Waals surface area contributed by atoms with E-state index in [0.717, 1.165) is 23.5 Å². The van der Waals surface area contributed by atoms with E-state index in [1.54, 1.807) is 0 Å². The van der Waals surface area contributed by atoms with Crippen LogP contribution in [-0.4, -0.2) is 0 Å². The van der Waals surface area contributed by atoms with E-state index in [0.29, 0.717) is 5.92 Å². The van der Waals surface area contributed by atoms with Crippen LogP contribution in [0.4, 0.5) is 17.1 Å². The zero-order chi connectivity index (χ0) is 33.3. The first-order valence-corrected chi connectivity index (χ1v) is 18.1. The Morgan fingerprint density at radius 2 is 0.840 bits per heavy atom. The van der Waals surface area contributed by atoms with E-state index in [1.807, 2.05) is 11.3 Å². The molecule has 0 fully saturated rings. The Morgan fingerprint density at radius 3 is 1.34 bits per heavy atom. The Balaban J connectivity index is 0.996. The third-order valence-corrected chi connectivity index (χ3v) is 11.1. The summed E-state index contributed by atoms with van der Waals surface area (Å²) >= 11 is 1.91. The molecule has 0 saturated heterocycles. The maximum atomic E-state index is 2.38. The fourth-order valence-electron chi connectivity index (χ4n) is 7.22. The van der Waals surface area contributed by atoms with Gasteiger partial charge in [-0.25, -0.2) is 0 Å². The van der Waals surface area contributed by atoms with Gasteiger partial charge < -0.3 is 4.90 Å². The van der Waals surface area contributed by atoms with Gasteiger partial charge in [-0.1, -0.05) is 146 Å². The van der Waals surface area contributed by atoms with Gasteiger partial charge in [0, 0.05) is 32.6 Å². The van der Waals surface area contributed by atoms with E-state index < -0.39 is 0 Å². The summed E-state index contributed by atoms with van der Waals surface area (Å²) < 4.78 is 1.38. The van der Waals surface area contributed by atoms with Crippen molar-refractivity contribution in [2.24, 2.45) is 0 Å². The topological polar surface area (TPSA) is 3.24 Å². The number of anilines is 3. The van der Waals surface area contributed by atoms with Gasteiger partial charge in [0.1, 0.15) is 0 Å². The van der Waals surface area contributed by atoms with Crippen molar-refractivity contribution in [1.29, 1.82) is 0 Å². The summed E-state index contributed by atoms with van der Waals surface area (Å²) in [6.45, 7) is 0. The highest BCUT2D eigenvalue weighted by atomic mass is 32.1. The number of nitrogens with zero attached hydrogens (tertiary/aromatic N) is 1. The molecule has 1 aliphatic carbocycles. The molecule has 0 aliphatic heterocycles. The number of fused-ring (bicyclic) bond motifs is 3. The van der Waals surface area contributed by atoms with Gasteiger partial charge >= 0.3 is 0 Å². The molecule has 2 heteroatoms. The largest absolute Gasteiger partial charge is 0.311 e. The van der Waals surface area contributed by atoms with Gasteiger partial charge in [-0.2, -0.15) is 0 Å². The molecule has 1 atom stereocenters. The number of hydrogen-bond acceptors (Lipinski definition) is 2. The Labute approximate surface area is 298 Å². The van der Waals surface area contributed by atoms with Crippen molar-refractivity contribution in [3.63, 3.8) is 0 Å². The van der Waals surface area contributed by atoms with E-state index in [-0.39, 0.29) is 0 Å². The van der Waals surface area contributed by atoms with Crippen molar-refractivity contribution >= 4 is 44.6 Å². The minimum atomic E-state index is 0.395. The quantitative estimate of drug-likeness (QED) is 0.165. The molecule has 8 aromatic rings. The molecular weight excluding hydrogens is 623 g/mol. The van der Waals surface area contributed by atoms with Crippen LogP contribution in [0.25, 0.3) is 49.5 Å². The molecule has 238 valence electrons. The number of rotatable bonds is 7. The lowest BCUT2D eigenvalue weighted by molar-refractivity contribution is 0.837. The van der Waals surface area contributed by atoms with Crippen molar-refractivity contribution in [1.82, 2.24) is 0 Å². The minimum Gasteiger partial charge on any atom is -0.311 e. The van der Waals surface area contributed by atoms with E-state index in [2.05, 4.69) is 199 Å². The molecular formula is C48H35NS. The van der Waals surface area contributed by atoms with Crippen LogP contribution < -0.4 is 4.90 Å². The first-order chi connectivity index (χ1) is 24.8. The second kappa shape index (κ2) is 13.2. The molecule has 1 aliphatic rings. The Bertz CT molecular complexity index is 2320. The predicted molar refractivity (Wildman–Crippen MR) is 215 cm³/mol. The number of hydrogen-bond donors (Lipinski definition) is 0. The van der Waals surface area contributed by atoms with Crippen molar-refractivity contribution in [2.45, 2.75) is 12.3 Å². The Kier molecular flexibility index (Phi) is 7.93. The van der Waals surface area contributed by atoms with Gasteiger partial charge in [0.05, 0.1) is 0 Å². The van der Waals surface area contributed by atoms with Crippen LogP contribution in [0, 0.1) is 0 Å². The molecule has 50 heavy (non-hydrogen) atoms. The van der Waals surface area contributed by atoms with Crippen molar-refractivity contribution in [2.75, 3.05) is 4.90 Å². The molecule has 1 unspecified atom stereocenters. The predicted octanol–water partition coefficient (Wildman–Crippen LogP) is 13.7. The number of thiophene rings is 1. The first kappa shape index (κ1) is 30.1. The van der Waals surface area contributed by atoms with Gasteiger partial charge in [-0.3, -0.25) is 0 Å². The van der Waals surface area contributed by atoms with Crippen LogP contribution >= 0.6 is 11.3 Å². The normalized spacial score (nSPS) is 13.6. The number of benzene rings is 7. The third kappa shape index (κ3) is 5.85. The SMILES string of the molecule is C1=CC(c2ccc(-c3ccc(N(c4ccc(-c5ccccc5)cc4)c4ccc(-c5ccccc5)cc4)cc3)cc2)Cc2c1sc1ccccc21. The van der Waals surface area contributed by atoms with E-state index in [1.165, 1.54) is 59.5 Å². The highest BCUT2D eigenvalue weighted by molar-refractivity contribution is 7.20. The maximum Gasteiger partial charge on any atom is 0.0462 e. The van der Waals surface area contributed by atoms with Gasteiger partial charge in [0.25, 0.3) is 0 Å². The maximum absolute atomic E-state index is 2.38. The lowest BCUT2D eigenvalue weighted by Crippen LogP contribution is -2.09. The van der Waals surface area contributed by atoms with Gasteiger partial charge in [-0.05, 0) is 105 Å². The van der Waals surface area contributed by atoms with Crippen LogP contribution in [0.15, 0.2) is 188 Å². The number of allylic oxidation sites excluding steroid dienone is 1. The fraction of sp³-hybridized carbons (Fsp3) is 0.0417. The highest BCUT2D eigenvalue weighted by Gasteiger charge is 2.20. The third-order valence-electron chi connectivity index (χ3n) is 9.90. The average Bonchev–Trinajstić information content (AvgIpc) is 3.58. The summed E-state index contributed by atoms with van der Waals surface area (Å²) in [4.78, 5) is 3.75. The molecule has 1 aromatic heterocycles. The molecule has 0 spiro atoms. The summed E-state index contributed by atoms with van der Waals surface area (Å²) in [6, 6.07) is 65.9. The lowest BCUT2D eigenvalue weighted by Gasteiger charge is -2.26. The molecule has 0 amide bonds. The summed E-state index contributed by atoms with van der Waals surface area (Å²) in [5, 5.41) is 1.41. The van der Waals surface area contributed by atoms with Crippen molar-refractivity contribution < 1.29 is 0 Å². The van der Waals surface area contributed by atoms with Crippen LogP contribution in [0.1, 0.15) is 21.9 Å². The monoisotopic (exact) mass is 657 g/mol. The van der Waals surface area contributed by atoms with Gasteiger partial charge in [0.2, 0.25) is 0 Å². The van der Waals surface area contributed by atoms with Gasteiger partial charge in [-0.15, -0.1) is 11.3 Å². The van der Waals surface area contributed by atoms with Crippen LogP contribution in [0.3, 0.4) is 0 Å². The average molecular weight is 658 g/mol. The van der Waals surface area contributed by atoms with Gasteiger partial charge in [0.15, 0.2) is 0 Å². The van der Waals surface area contributed by atoms with E-state index in [9.17, 15) is 0 Å². The second-order valence-corrected chi connectivity index (χ2v) is 14.0. The summed E-state index contributed by atoms with van der Waals surface area (Å²) in [5.74, 6) is 0.395. The first-order valence-electron chi connectivity index (χ1n) is 17.3. The Morgan fingerprint density at radius 1 is 0.420 bits per heavy atom. The zero-order valence-electron chi connectivity index (χ0n) is 27.6. The van der Waals surface area contributed by atoms with Crippen LogP contribution in [0.2, 0.25) is 0 Å². The summed E-state index contributed by atoms with van der Waals surface area (Å²) in [7, 11) is 0. The molecule has 0 saturated carbocycles. The highest BCUT2D eigenvalue weighted by Crippen LogP contribution is 2.41. The molecule has 0 N–H and O–H groups in total. The molecule has 7 aromatic carbocycles. The smallest absolute Gasteiger partial charge is 0.0462 e. The Hall–Kier alpha value is -5.96. The summed E-state index contributed by atoms with van der Waals surface area (Å²) in [6.07, 6.45) is 5.77. The van der Waals surface area contributed by atoms with Crippen LogP contribution in [0.5, 0.6) is 0 Å². The van der Waals surface area contributed by atoms with Crippen LogP contribution in [-0.2, 0) is 6.42 Å². The molecule has 1 heterocycles. The lowest BCUT2D eigenvalue weighted by atomic mass is 9.86. The summed E-state index contributed by atoms with van der Waals surface area (Å²) in [5.41, 5.74) is 13.5. The second-order valence-electron chi connectivity index (χ2n) is 12.9. The van der Waals surface area contributed by atoms with Crippen molar-refractivity contribution in [3.8, 4) is 33.4 Å². The standard InChI is InChI=1S/C48H35NS/c1-3-9-34(10-4-1)37-19-26-42(27-20-37)49(43-28-21-38(22-29-43)35-11-5-2-6-12-35)44-30-23-39(24-31-44)36-15-17-40(18-16-36)41-25-32-48-46(33-41)45-13-7-8-14-47(45)50-48/h1-32,41H,33H2. The van der Waals surface area contributed by atoms with Crippen molar-refractivity contribution in [3.05, 3.63) is 204 Å². The molecule has 0 bridgehead atoms. The van der Waals surface area contributed by atoms with E-state index >= 15 is 0 Å². The minimum absolute atomic E-state index is 0.395. The van der Waals surface area contributed by atoms with E-state index in [4.69, 9.17) is 0 Å². The zero-order valence-corrected chi connectivity index (χ0v) is 28.4. The molecule has 9 rings (SSSR count). The molecule has 0 radical (unpaired) electrons. The fourth-order valence-corrected chi connectivity index (χ4v) is 8.37. The molecule has 1 nitrogen and oxygen atoms in total.